The average Bonchev–Trinajstić information content (AvgIpc) is 3.66. The van der Waals surface area contributed by atoms with E-state index >= 15 is 0 Å². The Kier molecular flexibility index (Phi) is 7.37. The molecule has 1 aliphatic heterocycles. The van der Waals surface area contributed by atoms with Gasteiger partial charge in [0.25, 0.3) is 0 Å². The normalized spacial score (nSPS) is 14.5. The van der Waals surface area contributed by atoms with Gasteiger partial charge >= 0.3 is 0 Å². The summed E-state index contributed by atoms with van der Waals surface area (Å²) >= 11 is 1.74. The Labute approximate surface area is 233 Å². The predicted octanol–water partition coefficient (Wildman–Crippen LogP) is 6.63. The number of fused-ring (bicyclic) bond motifs is 1. The van der Waals surface area contributed by atoms with Crippen LogP contribution in [0.2, 0.25) is 0 Å². The van der Waals surface area contributed by atoms with Crippen molar-refractivity contribution in [2.24, 2.45) is 0 Å². The summed E-state index contributed by atoms with van der Waals surface area (Å²) in [6.07, 6.45) is 2.74. The van der Waals surface area contributed by atoms with Gasteiger partial charge in [0.2, 0.25) is 5.91 Å². The molecule has 1 aliphatic rings. The van der Waals surface area contributed by atoms with Gasteiger partial charge < -0.3 is 19.1 Å². The third kappa shape index (κ3) is 5.30. The van der Waals surface area contributed by atoms with Crippen LogP contribution in [0.5, 0.6) is 5.75 Å². The second-order valence-corrected chi connectivity index (χ2v) is 11.0. The highest BCUT2D eigenvalue weighted by atomic mass is 32.1. The zero-order chi connectivity index (χ0) is 26.6. The number of aromatic nitrogens is 1. The lowest BCUT2D eigenvalue weighted by Gasteiger charge is -2.37. The monoisotopic (exact) mass is 535 g/mol. The highest BCUT2D eigenvalue weighted by Crippen LogP contribution is 2.38. The summed E-state index contributed by atoms with van der Waals surface area (Å²) in [6.45, 7) is 3.82. The fraction of sp³-hybridized carbons (Fsp3) is 0.242. The Balaban J connectivity index is 1.24. The molecular formula is C33H33N3O2S. The van der Waals surface area contributed by atoms with Crippen LogP contribution in [0.25, 0.3) is 10.9 Å². The summed E-state index contributed by atoms with van der Waals surface area (Å²) in [7, 11) is 1.71. The highest BCUT2D eigenvalue weighted by Gasteiger charge is 2.28. The average molecular weight is 536 g/mol. The Hall–Kier alpha value is -4.03. The van der Waals surface area contributed by atoms with E-state index in [0.29, 0.717) is 19.5 Å². The van der Waals surface area contributed by atoms with Gasteiger partial charge in [0.05, 0.1) is 12.8 Å². The number of carbonyl (C=O) groups is 1. The van der Waals surface area contributed by atoms with Gasteiger partial charge in [-0.05, 0) is 40.8 Å². The molecule has 2 aromatic heterocycles. The first kappa shape index (κ1) is 25.3. The Bertz CT molecular complexity index is 1540. The molecular weight excluding hydrogens is 502 g/mol. The van der Waals surface area contributed by atoms with Gasteiger partial charge in [-0.2, -0.15) is 0 Å². The van der Waals surface area contributed by atoms with Gasteiger partial charge in [0.1, 0.15) is 5.75 Å². The number of hydrogen-bond acceptors (Lipinski definition) is 4. The molecule has 1 atom stereocenters. The minimum Gasteiger partial charge on any atom is -0.495 e. The molecule has 1 amide bonds. The summed E-state index contributed by atoms with van der Waals surface area (Å²) < 4.78 is 7.90. The number of benzene rings is 3. The molecule has 5 aromatic rings. The molecule has 198 valence electrons. The van der Waals surface area contributed by atoms with Gasteiger partial charge in [-0.3, -0.25) is 4.79 Å². The minimum atomic E-state index is 0.0201. The van der Waals surface area contributed by atoms with Crippen LogP contribution < -0.4 is 9.64 Å². The number of piperazine rings is 1. The van der Waals surface area contributed by atoms with E-state index in [4.69, 9.17) is 4.74 Å². The van der Waals surface area contributed by atoms with Gasteiger partial charge in [0, 0.05) is 67.0 Å². The second kappa shape index (κ2) is 11.4. The maximum absolute atomic E-state index is 13.8. The number of ether oxygens (including phenoxy) is 1. The quantitative estimate of drug-likeness (QED) is 0.224. The lowest BCUT2D eigenvalue weighted by Crippen LogP contribution is -2.49. The van der Waals surface area contributed by atoms with Crippen molar-refractivity contribution in [1.29, 1.82) is 0 Å². The summed E-state index contributed by atoms with van der Waals surface area (Å²) in [5.74, 6) is 1.11. The third-order valence-corrected chi connectivity index (χ3v) is 8.70. The van der Waals surface area contributed by atoms with Crippen LogP contribution in [0.3, 0.4) is 0 Å². The minimum absolute atomic E-state index is 0.0201. The molecule has 5 nitrogen and oxygen atoms in total. The number of hydrogen-bond donors (Lipinski definition) is 0. The fourth-order valence-electron chi connectivity index (χ4n) is 5.71. The van der Waals surface area contributed by atoms with Crippen molar-refractivity contribution < 1.29 is 9.53 Å². The lowest BCUT2D eigenvalue weighted by molar-refractivity contribution is -0.131. The van der Waals surface area contributed by atoms with E-state index in [1.165, 1.54) is 26.9 Å². The van der Waals surface area contributed by atoms with Gasteiger partial charge in [0.15, 0.2) is 0 Å². The van der Waals surface area contributed by atoms with E-state index in [1.54, 1.807) is 18.4 Å². The largest absolute Gasteiger partial charge is 0.495 e. The number of anilines is 1. The first-order chi connectivity index (χ1) is 19.2. The number of rotatable bonds is 8. The summed E-state index contributed by atoms with van der Waals surface area (Å²) in [4.78, 5) is 19.3. The molecule has 1 unspecified atom stereocenters. The molecule has 0 N–H and O–H groups in total. The number of amides is 1. The molecule has 3 heterocycles. The molecule has 0 radical (unpaired) electrons. The number of thiophene rings is 1. The van der Waals surface area contributed by atoms with E-state index in [0.717, 1.165) is 31.1 Å². The van der Waals surface area contributed by atoms with Crippen molar-refractivity contribution in [2.45, 2.75) is 18.9 Å². The van der Waals surface area contributed by atoms with E-state index < -0.39 is 0 Å². The van der Waals surface area contributed by atoms with Crippen LogP contribution in [-0.2, 0) is 11.3 Å². The Morgan fingerprint density at radius 1 is 0.872 bits per heavy atom. The standard InChI is InChI=1S/C33H33N3O2S/c1-38-31-15-8-7-14-30(31)34-17-19-35(20-18-34)33(37)22-27(32-16-9-21-39-32)28-24-36(23-25-10-3-2-4-11-25)29-13-6-5-12-26(28)29/h2-16,21,24,27H,17-20,22-23H2,1H3. The summed E-state index contributed by atoms with van der Waals surface area (Å²) in [6, 6.07) is 31.5. The second-order valence-electron chi connectivity index (χ2n) is 10.0. The molecule has 1 saturated heterocycles. The third-order valence-electron chi connectivity index (χ3n) is 7.71. The zero-order valence-electron chi connectivity index (χ0n) is 22.2. The van der Waals surface area contributed by atoms with E-state index in [2.05, 4.69) is 93.8 Å². The SMILES string of the molecule is COc1ccccc1N1CCN(C(=O)CC(c2cccs2)c2cn(Cc3ccccc3)c3ccccc23)CC1. The molecule has 0 aliphatic carbocycles. The van der Waals surface area contributed by atoms with Crippen LogP contribution in [-0.4, -0.2) is 48.7 Å². The maximum atomic E-state index is 13.8. The van der Waals surface area contributed by atoms with Crippen LogP contribution >= 0.6 is 11.3 Å². The summed E-state index contributed by atoms with van der Waals surface area (Å²) in [5, 5.41) is 3.34. The van der Waals surface area contributed by atoms with Crippen molar-refractivity contribution in [3.8, 4) is 5.75 Å². The highest BCUT2D eigenvalue weighted by molar-refractivity contribution is 7.10. The van der Waals surface area contributed by atoms with Gasteiger partial charge in [-0.1, -0.05) is 66.7 Å². The number of nitrogens with zero attached hydrogens (tertiary/aromatic N) is 3. The molecule has 6 heteroatoms. The van der Waals surface area contributed by atoms with E-state index in [9.17, 15) is 4.79 Å². The van der Waals surface area contributed by atoms with Crippen molar-refractivity contribution >= 4 is 33.8 Å². The van der Waals surface area contributed by atoms with Crippen molar-refractivity contribution in [1.82, 2.24) is 9.47 Å². The predicted molar refractivity (Wildman–Crippen MR) is 160 cm³/mol. The molecule has 0 saturated carbocycles. The van der Waals surface area contributed by atoms with E-state index in [-0.39, 0.29) is 11.8 Å². The lowest BCUT2D eigenvalue weighted by atomic mass is 9.93. The maximum Gasteiger partial charge on any atom is 0.223 e. The first-order valence-corrected chi connectivity index (χ1v) is 14.4. The summed E-state index contributed by atoms with van der Waals surface area (Å²) in [5.41, 5.74) is 4.79. The number of carbonyl (C=O) groups excluding carboxylic acids is 1. The van der Waals surface area contributed by atoms with Crippen LogP contribution in [0.1, 0.15) is 28.3 Å². The van der Waals surface area contributed by atoms with Crippen molar-refractivity contribution in [2.75, 3.05) is 38.2 Å². The topological polar surface area (TPSA) is 37.7 Å². The van der Waals surface area contributed by atoms with Gasteiger partial charge in [-0.15, -0.1) is 11.3 Å². The molecule has 6 rings (SSSR count). The molecule has 1 fully saturated rings. The van der Waals surface area contributed by atoms with Crippen LogP contribution in [0.4, 0.5) is 5.69 Å². The molecule has 3 aromatic carbocycles. The molecule has 0 spiro atoms. The number of para-hydroxylation sites is 3. The van der Waals surface area contributed by atoms with Crippen molar-refractivity contribution in [3.63, 3.8) is 0 Å². The van der Waals surface area contributed by atoms with Crippen LogP contribution in [0, 0.1) is 0 Å². The Morgan fingerprint density at radius 2 is 1.62 bits per heavy atom. The zero-order valence-corrected chi connectivity index (χ0v) is 23.0. The molecule has 39 heavy (non-hydrogen) atoms. The first-order valence-electron chi connectivity index (χ1n) is 13.5. The van der Waals surface area contributed by atoms with Crippen molar-refractivity contribution in [3.05, 3.63) is 119 Å². The number of methoxy groups -OCH3 is 1. The van der Waals surface area contributed by atoms with Crippen LogP contribution in [0.15, 0.2) is 103 Å². The van der Waals surface area contributed by atoms with Gasteiger partial charge in [-0.25, -0.2) is 0 Å². The molecule has 0 bridgehead atoms. The fourth-order valence-corrected chi connectivity index (χ4v) is 6.55. The Morgan fingerprint density at radius 3 is 2.38 bits per heavy atom. The van der Waals surface area contributed by atoms with E-state index in [1.807, 2.05) is 23.1 Å². The smallest absolute Gasteiger partial charge is 0.223 e.